The molecule has 0 bridgehead atoms. The predicted octanol–water partition coefficient (Wildman–Crippen LogP) is 17.6. The molecule has 0 aliphatic heterocycles. The lowest BCUT2D eigenvalue weighted by molar-refractivity contribution is -0.167. The van der Waals surface area contributed by atoms with E-state index in [0.717, 1.165) is 75.5 Å². The molecule has 0 aromatic carbocycles. The first-order valence-corrected chi connectivity index (χ1v) is 27.1. The lowest BCUT2D eigenvalue weighted by Crippen LogP contribution is -2.30. The van der Waals surface area contributed by atoms with Crippen LogP contribution in [0.15, 0.2) is 0 Å². The van der Waals surface area contributed by atoms with Crippen LogP contribution in [0.25, 0.3) is 0 Å². The minimum Gasteiger partial charge on any atom is -0.462 e. The highest BCUT2D eigenvalue weighted by Crippen LogP contribution is 2.18. The number of ether oxygens (including phenoxy) is 3. The summed E-state index contributed by atoms with van der Waals surface area (Å²) in [7, 11) is 0. The molecule has 0 fully saturated rings. The lowest BCUT2D eigenvalue weighted by atomic mass is 9.99. The van der Waals surface area contributed by atoms with Crippen molar-refractivity contribution in [1.82, 2.24) is 0 Å². The van der Waals surface area contributed by atoms with Gasteiger partial charge in [0.25, 0.3) is 0 Å². The fraction of sp³-hybridized carbons (Fsp3) is 0.945. The van der Waals surface area contributed by atoms with Crippen LogP contribution in [-0.2, 0) is 28.6 Å². The number of rotatable bonds is 48. The van der Waals surface area contributed by atoms with Crippen LogP contribution in [0.5, 0.6) is 0 Å². The van der Waals surface area contributed by atoms with Crippen molar-refractivity contribution < 1.29 is 28.6 Å². The van der Waals surface area contributed by atoms with Gasteiger partial charge in [0.1, 0.15) is 13.2 Å². The summed E-state index contributed by atoms with van der Waals surface area (Å²) in [6.45, 7) is 13.7. The van der Waals surface area contributed by atoms with Crippen molar-refractivity contribution in [2.45, 2.75) is 304 Å². The predicted molar refractivity (Wildman–Crippen MR) is 261 cm³/mol. The third kappa shape index (κ3) is 47.7. The average Bonchev–Trinajstić information content (AvgIpc) is 3.23. The summed E-state index contributed by atoms with van der Waals surface area (Å²) in [4.78, 5) is 38.0. The summed E-state index contributed by atoms with van der Waals surface area (Å²) in [5.74, 6) is 1.67. The van der Waals surface area contributed by atoms with Crippen molar-refractivity contribution in [2.24, 2.45) is 17.8 Å². The lowest BCUT2D eigenvalue weighted by Gasteiger charge is -2.18. The molecular formula is C55H106O6. The molecule has 0 rings (SSSR count). The molecule has 61 heavy (non-hydrogen) atoms. The highest BCUT2D eigenvalue weighted by Gasteiger charge is 2.19. The van der Waals surface area contributed by atoms with E-state index in [1.807, 2.05) is 0 Å². The first-order chi connectivity index (χ1) is 29.6. The number of hydrogen-bond acceptors (Lipinski definition) is 6. The van der Waals surface area contributed by atoms with E-state index >= 15 is 0 Å². The molecule has 6 nitrogen and oxygen atoms in total. The zero-order valence-corrected chi connectivity index (χ0v) is 42.0. The van der Waals surface area contributed by atoms with Crippen molar-refractivity contribution >= 4 is 17.9 Å². The van der Waals surface area contributed by atoms with Crippen LogP contribution in [0.3, 0.4) is 0 Å². The fourth-order valence-corrected chi connectivity index (χ4v) is 8.26. The van der Waals surface area contributed by atoms with Gasteiger partial charge >= 0.3 is 17.9 Å². The van der Waals surface area contributed by atoms with Gasteiger partial charge in [0.15, 0.2) is 6.10 Å². The molecule has 0 amide bonds. The van der Waals surface area contributed by atoms with E-state index in [-0.39, 0.29) is 31.1 Å². The van der Waals surface area contributed by atoms with Gasteiger partial charge < -0.3 is 14.2 Å². The van der Waals surface area contributed by atoms with Crippen LogP contribution in [0.4, 0.5) is 0 Å². The van der Waals surface area contributed by atoms with Gasteiger partial charge in [0.2, 0.25) is 0 Å². The standard InChI is InChI=1S/C55H106O6/c1-7-51(6)43-37-31-25-21-22-28-34-40-46-55(58)61-52(48-60-54(57)45-39-33-27-20-16-12-14-18-24-30-36-42-50(4)5)47-59-53(56)44-38-32-26-19-15-11-9-8-10-13-17-23-29-35-41-49(2)3/h49-52H,7-48H2,1-6H3/t51?,52-/m1/s1. The molecule has 0 aromatic heterocycles. The van der Waals surface area contributed by atoms with Crippen molar-refractivity contribution in [1.29, 1.82) is 0 Å². The number of carbonyl (C=O) groups is 3. The SMILES string of the molecule is CCC(C)CCCCCCCCCCC(=O)O[C@H](COC(=O)CCCCCCCCCCCCCCCCC(C)C)COC(=O)CCCCCCCCCCCCCC(C)C. The van der Waals surface area contributed by atoms with Gasteiger partial charge in [0.05, 0.1) is 0 Å². The molecule has 0 spiro atoms. The van der Waals surface area contributed by atoms with Crippen molar-refractivity contribution in [2.75, 3.05) is 13.2 Å². The summed E-state index contributed by atoms with van der Waals surface area (Å²) >= 11 is 0. The second-order valence-electron chi connectivity index (χ2n) is 20.1. The van der Waals surface area contributed by atoms with Crippen molar-refractivity contribution in [3.63, 3.8) is 0 Å². The minimum atomic E-state index is -0.763. The number of hydrogen-bond donors (Lipinski definition) is 0. The van der Waals surface area contributed by atoms with Gasteiger partial charge in [-0.15, -0.1) is 0 Å². The highest BCUT2D eigenvalue weighted by molar-refractivity contribution is 5.71. The zero-order valence-electron chi connectivity index (χ0n) is 42.0. The number of unbranched alkanes of at least 4 members (excludes halogenated alkanes) is 30. The third-order valence-electron chi connectivity index (χ3n) is 12.8. The summed E-state index contributed by atoms with van der Waals surface area (Å²) in [6, 6.07) is 0. The molecule has 0 N–H and O–H groups in total. The highest BCUT2D eigenvalue weighted by atomic mass is 16.6. The minimum absolute atomic E-state index is 0.0645. The van der Waals surface area contributed by atoms with Gasteiger partial charge in [-0.3, -0.25) is 14.4 Å². The average molecular weight is 863 g/mol. The van der Waals surface area contributed by atoms with Gasteiger partial charge in [0, 0.05) is 19.3 Å². The molecule has 1 unspecified atom stereocenters. The normalized spacial score (nSPS) is 12.6. The molecule has 0 saturated carbocycles. The van der Waals surface area contributed by atoms with Crippen LogP contribution >= 0.6 is 0 Å². The molecule has 2 atom stereocenters. The Morgan fingerprint density at radius 1 is 0.328 bits per heavy atom. The Morgan fingerprint density at radius 3 is 0.852 bits per heavy atom. The van der Waals surface area contributed by atoms with Crippen LogP contribution in [0.2, 0.25) is 0 Å². The maximum Gasteiger partial charge on any atom is 0.306 e. The van der Waals surface area contributed by atoms with Crippen LogP contribution in [0, 0.1) is 17.8 Å². The van der Waals surface area contributed by atoms with Crippen molar-refractivity contribution in [3.8, 4) is 0 Å². The van der Waals surface area contributed by atoms with Gasteiger partial charge in [-0.2, -0.15) is 0 Å². The Kier molecular flexibility index (Phi) is 45.2. The first-order valence-electron chi connectivity index (χ1n) is 27.1. The maximum atomic E-state index is 12.8. The van der Waals surface area contributed by atoms with Gasteiger partial charge in [-0.1, -0.05) is 260 Å². The summed E-state index contributed by atoms with van der Waals surface area (Å²) in [5.41, 5.74) is 0. The van der Waals surface area contributed by atoms with Crippen LogP contribution in [-0.4, -0.2) is 37.2 Å². The first kappa shape index (κ1) is 59.4. The summed E-state index contributed by atoms with van der Waals surface area (Å²) in [5, 5.41) is 0. The quantitative estimate of drug-likeness (QED) is 0.0344. The molecule has 0 saturated heterocycles. The molecule has 0 aromatic rings. The number of esters is 3. The molecular weight excluding hydrogens is 757 g/mol. The zero-order chi connectivity index (χ0) is 44.9. The van der Waals surface area contributed by atoms with Crippen LogP contribution < -0.4 is 0 Å². The monoisotopic (exact) mass is 863 g/mol. The fourth-order valence-electron chi connectivity index (χ4n) is 8.26. The third-order valence-corrected chi connectivity index (χ3v) is 12.8. The van der Waals surface area contributed by atoms with Crippen LogP contribution in [0.1, 0.15) is 298 Å². The number of carbonyl (C=O) groups excluding carboxylic acids is 3. The van der Waals surface area contributed by atoms with Gasteiger partial charge in [-0.05, 0) is 37.0 Å². The van der Waals surface area contributed by atoms with E-state index in [0.29, 0.717) is 19.3 Å². The topological polar surface area (TPSA) is 78.9 Å². The van der Waals surface area contributed by atoms with Gasteiger partial charge in [-0.25, -0.2) is 0 Å². The summed E-state index contributed by atoms with van der Waals surface area (Å²) < 4.78 is 16.8. The second-order valence-corrected chi connectivity index (χ2v) is 20.1. The molecule has 0 heterocycles. The molecule has 0 aliphatic rings. The largest absolute Gasteiger partial charge is 0.462 e. The Balaban J connectivity index is 4.30. The Labute approximate surface area is 380 Å². The molecule has 0 radical (unpaired) electrons. The Hall–Kier alpha value is -1.59. The van der Waals surface area contributed by atoms with E-state index in [4.69, 9.17) is 14.2 Å². The molecule has 0 aliphatic carbocycles. The molecule has 6 heteroatoms. The Morgan fingerprint density at radius 2 is 0.574 bits per heavy atom. The Bertz CT molecular complexity index is 947. The second kappa shape index (κ2) is 46.4. The summed E-state index contributed by atoms with van der Waals surface area (Å²) in [6.07, 6.45) is 46.6. The van der Waals surface area contributed by atoms with E-state index in [9.17, 15) is 14.4 Å². The smallest absolute Gasteiger partial charge is 0.306 e. The molecule has 362 valence electrons. The van der Waals surface area contributed by atoms with E-state index in [1.165, 1.54) is 180 Å². The van der Waals surface area contributed by atoms with E-state index in [2.05, 4.69) is 41.5 Å². The van der Waals surface area contributed by atoms with Crippen molar-refractivity contribution in [3.05, 3.63) is 0 Å². The maximum absolute atomic E-state index is 12.8. The van der Waals surface area contributed by atoms with E-state index in [1.54, 1.807) is 0 Å². The van der Waals surface area contributed by atoms with E-state index < -0.39 is 6.10 Å².